The van der Waals surface area contributed by atoms with E-state index in [9.17, 15) is 4.39 Å². The van der Waals surface area contributed by atoms with Gasteiger partial charge in [-0.1, -0.05) is 35.3 Å². The van der Waals surface area contributed by atoms with Gasteiger partial charge in [0.2, 0.25) is 0 Å². The molecule has 0 bridgehead atoms. The first-order valence-electron chi connectivity index (χ1n) is 6.02. The smallest absolute Gasteiger partial charge is 0.123 e. The fourth-order valence-electron chi connectivity index (χ4n) is 2.05. The number of anilines is 1. The summed E-state index contributed by atoms with van der Waals surface area (Å²) < 4.78 is 15.3. The Morgan fingerprint density at radius 1 is 1.25 bits per heavy atom. The Balaban J connectivity index is 1.79. The van der Waals surface area contributed by atoms with Crippen molar-refractivity contribution >= 4 is 40.8 Å². The number of nitrogens with zero attached hydrogens (tertiary/aromatic N) is 1. The summed E-state index contributed by atoms with van der Waals surface area (Å²) in [5, 5.41) is 4.50. The molecule has 104 valence electrons. The fraction of sp³-hybridized carbons (Fsp3) is 0.143. The summed E-state index contributed by atoms with van der Waals surface area (Å²) >= 11 is 13.7. The Hall–Kier alpha value is -0.940. The standard InChI is InChI=1S/C14H11Cl2FN2S/c15-10-5-12(16)14-13(6-10)18-8-19(20-14)7-9-2-1-3-11(17)4-9/h1-6,18H,7-8H2. The van der Waals surface area contributed by atoms with Crippen LogP contribution in [0.3, 0.4) is 0 Å². The molecular weight excluding hydrogens is 318 g/mol. The van der Waals surface area contributed by atoms with Crippen LogP contribution < -0.4 is 5.32 Å². The van der Waals surface area contributed by atoms with Crippen molar-refractivity contribution < 1.29 is 4.39 Å². The highest BCUT2D eigenvalue weighted by atomic mass is 35.5. The molecule has 0 unspecified atom stereocenters. The second kappa shape index (κ2) is 5.82. The second-order valence-electron chi connectivity index (χ2n) is 4.46. The van der Waals surface area contributed by atoms with Gasteiger partial charge in [0.1, 0.15) is 5.82 Å². The zero-order valence-electron chi connectivity index (χ0n) is 10.4. The van der Waals surface area contributed by atoms with Gasteiger partial charge in [0, 0.05) is 11.6 Å². The highest BCUT2D eigenvalue weighted by Gasteiger charge is 2.20. The molecule has 0 fully saturated rings. The van der Waals surface area contributed by atoms with Crippen LogP contribution in [0.15, 0.2) is 41.3 Å². The average Bonchev–Trinajstić information content (AvgIpc) is 2.39. The molecule has 20 heavy (non-hydrogen) atoms. The van der Waals surface area contributed by atoms with Gasteiger partial charge >= 0.3 is 0 Å². The molecule has 2 aromatic carbocycles. The molecule has 6 heteroatoms. The summed E-state index contributed by atoms with van der Waals surface area (Å²) in [6.07, 6.45) is 0. The maximum atomic E-state index is 13.2. The van der Waals surface area contributed by atoms with E-state index in [4.69, 9.17) is 23.2 Å². The Morgan fingerprint density at radius 2 is 2.10 bits per heavy atom. The number of hydrogen-bond donors (Lipinski definition) is 1. The third-order valence-electron chi connectivity index (χ3n) is 2.92. The van der Waals surface area contributed by atoms with Crippen LogP contribution in [0, 0.1) is 5.82 Å². The highest BCUT2D eigenvalue weighted by molar-refractivity contribution is 7.97. The van der Waals surface area contributed by atoms with Crippen molar-refractivity contribution in [3.63, 3.8) is 0 Å². The topological polar surface area (TPSA) is 15.3 Å². The molecule has 1 aliphatic rings. The van der Waals surface area contributed by atoms with E-state index < -0.39 is 0 Å². The lowest BCUT2D eigenvalue weighted by Gasteiger charge is -2.29. The first-order valence-corrected chi connectivity index (χ1v) is 7.55. The van der Waals surface area contributed by atoms with Crippen molar-refractivity contribution in [3.8, 4) is 0 Å². The predicted molar refractivity (Wildman–Crippen MR) is 82.8 cm³/mol. The lowest BCUT2D eigenvalue weighted by atomic mass is 10.2. The van der Waals surface area contributed by atoms with Crippen molar-refractivity contribution in [3.05, 3.63) is 57.8 Å². The van der Waals surface area contributed by atoms with Gasteiger partial charge in [0.25, 0.3) is 0 Å². The van der Waals surface area contributed by atoms with Crippen LogP contribution in [0.5, 0.6) is 0 Å². The Morgan fingerprint density at radius 3 is 2.90 bits per heavy atom. The maximum Gasteiger partial charge on any atom is 0.123 e. The Labute approximate surface area is 131 Å². The van der Waals surface area contributed by atoms with Crippen molar-refractivity contribution in [2.45, 2.75) is 11.4 Å². The van der Waals surface area contributed by atoms with Crippen molar-refractivity contribution in [2.24, 2.45) is 0 Å². The van der Waals surface area contributed by atoms with Crippen molar-refractivity contribution in [2.75, 3.05) is 12.0 Å². The zero-order valence-corrected chi connectivity index (χ0v) is 12.7. The number of fused-ring (bicyclic) bond motifs is 1. The van der Waals surface area contributed by atoms with Gasteiger partial charge < -0.3 is 5.32 Å². The number of nitrogens with one attached hydrogen (secondary N) is 1. The minimum atomic E-state index is -0.220. The summed E-state index contributed by atoms with van der Waals surface area (Å²) in [6, 6.07) is 10.2. The third kappa shape index (κ3) is 3.04. The predicted octanol–water partition coefficient (Wildman–Crippen LogP) is 5.02. The molecule has 3 rings (SSSR count). The van der Waals surface area contributed by atoms with Gasteiger partial charge in [-0.25, -0.2) is 8.70 Å². The molecular formula is C14H11Cl2FN2S. The number of benzene rings is 2. The van der Waals surface area contributed by atoms with Crippen LogP contribution in [0.25, 0.3) is 0 Å². The molecule has 0 spiro atoms. The molecule has 0 aromatic heterocycles. The van der Waals surface area contributed by atoms with Gasteiger partial charge in [-0.05, 0) is 41.8 Å². The Bertz CT molecular complexity index is 651. The van der Waals surface area contributed by atoms with E-state index in [1.165, 1.54) is 6.07 Å². The van der Waals surface area contributed by atoms with Gasteiger partial charge in [-0.3, -0.25) is 0 Å². The van der Waals surface area contributed by atoms with Crippen LogP contribution in [0.4, 0.5) is 10.1 Å². The molecule has 0 saturated heterocycles. The molecule has 2 nitrogen and oxygen atoms in total. The quantitative estimate of drug-likeness (QED) is 0.779. The van der Waals surface area contributed by atoms with Crippen molar-refractivity contribution in [1.29, 1.82) is 0 Å². The summed E-state index contributed by atoms with van der Waals surface area (Å²) in [6.45, 7) is 1.28. The fourth-order valence-corrected chi connectivity index (χ4v) is 3.62. The lowest BCUT2D eigenvalue weighted by Crippen LogP contribution is -2.26. The lowest BCUT2D eigenvalue weighted by molar-refractivity contribution is 0.490. The van der Waals surface area contributed by atoms with E-state index in [1.807, 2.05) is 12.1 Å². The largest absolute Gasteiger partial charge is 0.370 e. The van der Waals surface area contributed by atoms with Crippen molar-refractivity contribution in [1.82, 2.24) is 4.31 Å². The van der Waals surface area contributed by atoms with E-state index in [0.29, 0.717) is 23.3 Å². The molecule has 0 amide bonds. The van der Waals surface area contributed by atoms with Crippen LogP contribution in [-0.4, -0.2) is 11.0 Å². The molecule has 0 atom stereocenters. The van der Waals surface area contributed by atoms with E-state index in [0.717, 1.165) is 16.1 Å². The average molecular weight is 329 g/mol. The molecule has 0 radical (unpaired) electrons. The minimum absolute atomic E-state index is 0.220. The normalized spacial score (nSPS) is 14.8. The maximum absolute atomic E-state index is 13.2. The van der Waals surface area contributed by atoms with Gasteiger partial charge in [0.15, 0.2) is 0 Å². The van der Waals surface area contributed by atoms with Gasteiger partial charge in [0.05, 0.1) is 22.3 Å². The molecule has 0 aliphatic carbocycles. The van der Waals surface area contributed by atoms with Crippen LogP contribution in [-0.2, 0) is 6.54 Å². The summed E-state index contributed by atoms with van der Waals surface area (Å²) in [5.41, 5.74) is 1.86. The molecule has 1 heterocycles. The summed E-state index contributed by atoms with van der Waals surface area (Å²) in [4.78, 5) is 0.943. The van der Waals surface area contributed by atoms with Crippen LogP contribution >= 0.6 is 35.1 Å². The molecule has 2 aromatic rings. The Kier molecular flexibility index (Phi) is 4.08. The minimum Gasteiger partial charge on any atom is -0.370 e. The highest BCUT2D eigenvalue weighted by Crippen LogP contribution is 2.41. The van der Waals surface area contributed by atoms with E-state index >= 15 is 0 Å². The monoisotopic (exact) mass is 328 g/mol. The summed E-state index contributed by atoms with van der Waals surface area (Å²) in [7, 11) is 0. The first-order chi connectivity index (χ1) is 9.61. The third-order valence-corrected chi connectivity index (χ3v) is 4.69. The molecule has 0 saturated carbocycles. The number of halogens is 3. The molecule has 1 N–H and O–H groups in total. The van der Waals surface area contributed by atoms with E-state index in [1.54, 1.807) is 30.1 Å². The summed E-state index contributed by atoms with van der Waals surface area (Å²) in [5.74, 6) is -0.220. The first kappa shape index (κ1) is 14.0. The number of hydrogen-bond acceptors (Lipinski definition) is 3. The van der Waals surface area contributed by atoms with Crippen LogP contribution in [0.1, 0.15) is 5.56 Å². The zero-order chi connectivity index (χ0) is 14.1. The molecule has 1 aliphatic heterocycles. The number of rotatable bonds is 2. The van der Waals surface area contributed by atoms with Crippen LogP contribution in [0.2, 0.25) is 10.0 Å². The van der Waals surface area contributed by atoms with E-state index in [2.05, 4.69) is 9.62 Å². The SMILES string of the molecule is Fc1cccc(CN2CNc3cc(Cl)cc(Cl)c3S2)c1. The second-order valence-corrected chi connectivity index (χ2v) is 6.41. The van der Waals surface area contributed by atoms with E-state index in [-0.39, 0.29) is 5.82 Å². The van der Waals surface area contributed by atoms with Gasteiger partial charge in [-0.2, -0.15) is 0 Å². The van der Waals surface area contributed by atoms with Gasteiger partial charge in [-0.15, -0.1) is 0 Å².